The summed E-state index contributed by atoms with van der Waals surface area (Å²) in [5.41, 5.74) is 3.72. The molecule has 1 N–H and O–H groups in total. The van der Waals surface area contributed by atoms with Crippen LogP contribution in [0.5, 0.6) is 0 Å². The van der Waals surface area contributed by atoms with E-state index in [0.717, 1.165) is 18.8 Å². The minimum Gasteiger partial charge on any atom is -0.309 e. The second kappa shape index (κ2) is 5.82. The third-order valence-electron chi connectivity index (χ3n) is 2.94. The van der Waals surface area contributed by atoms with Gasteiger partial charge in [0, 0.05) is 25.5 Å². The lowest BCUT2D eigenvalue weighted by atomic mass is 10.2. The molecule has 2 heterocycles. The molecule has 0 fully saturated rings. The summed E-state index contributed by atoms with van der Waals surface area (Å²) in [6, 6.07) is 12.5. The van der Waals surface area contributed by atoms with E-state index in [0.29, 0.717) is 0 Å². The predicted octanol–water partition coefficient (Wildman–Crippen LogP) is 3.22. The van der Waals surface area contributed by atoms with Gasteiger partial charge in [-0.25, -0.2) is 4.68 Å². The van der Waals surface area contributed by atoms with Crippen LogP contribution in [-0.4, -0.2) is 9.78 Å². The van der Waals surface area contributed by atoms with Crippen LogP contribution in [0.2, 0.25) is 0 Å². The monoisotopic (exact) mass is 269 g/mol. The van der Waals surface area contributed by atoms with Gasteiger partial charge in [-0.3, -0.25) is 0 Å². The highest BCUT2D eigenvalue weighted by Gasteiger charge is 1.97. The first kappa shape index (κ1) is 12.1. The molecule has 0 aliphatic heterocycles. The van der Waals surface area contributed by atoms with E-state index in [1.807, 2.05) is 16.9 Å². The summed E-state index contributed by atoms with van der Waals surface area (Å²) in [5.74, 6) is 0. The fourth-order valence-electron chi connectivity index (χ4n) is 1.93. The number of benzene rings is 1. The lowest BCUT2D eigenvalue weighted by Gasteiger charge is -2.05. The summed E-state index contributed by atoms with van der Waals surface area (Å²) in [6.07, 6.45) is 3.74. The number of thiophene rings is 1. The van der Waals surface area contributed by atoms with Crippen LogP contribution < -0.4 is 5.32 Å². The van der Waals surface area contributed by atoms with Crippen molar-refractivity contribution in [1.29, 1.82) is 0 Å². The van der Waals surface area contributed by atoms with E-state index < -0.39 is 0 Å². The van der Waals surface area contributed by atoms with Gasteiger partial charge in [-0.1, -0.05) is 12.1 Å². The second-order valence-electron chi connectivity index (χ2n) is 4.35. The van der Waals surface area contributed by atoms with Gasteiger partial charge in [0.25, 0.3) is 0 Å². The molecule has 96 valence electrons. The van der Waals surface area contributed by atoms with E-state index in [-0.39, 0.29) is 0 Å². The van der Waals surface area contributed by atoms with Crippen molar-refractivity contribution in [3.05, 3.63) is 70.7 Å². The van der Waals surface area contributed by atoms with Crippen molar-refractivity contribution in [3.8, 4) is 5.69 Å². The van der Waals surface area contributed by atoms with Gasteiger partial charge in [0.1, 0.15) is 0 Å². The Bertz CT molecular complexity index is 597. The quantitative estimate of drug-likeness (QED) is 0.770. The topological polar surface area (TPSA) is 29.9 Å². The van der Waals surface area contributed by atoms with Gasteiger partial charge in [0.2, 0.25) is 0 Å². The number of rotatable bonds is 5. The Morgan fingerprint density at radius 2 is 1.89 bits per heavy atom. The number of nitrogens with one attached hydrogen (secondary N) is 1. The van der Waals surface area contributed by atoms with E-state index >= 15 is 0 Å². The van der Waals surface area contributed by atoms with Gasteiger partial charge in [-0.15, -0.1) is 0 Å². The molecule has 3 aromatic rings. The highest BCUT2D eigenvalue weighted by Crippen LogP contribution is 2.09. The summed E-state index contributed by atoms with van der Waals surface area (Å²) in [4.78, 5) is 0. The lowest BCUT2D eigenvalue weighted by Crippen LogP contribution is -2.12. The van der Waals surface area contributed by atoms with Crippen LogP contribution in [0.3, 0.4) is 0 Å². The first-order valence-corrected chi connectivity index (χ1v) is 7.17. The fraction of sp³-hybridized carbons (Fsp3) is 0.133. The van der Waals surface area contributed by atoms with Gasteiger partial charge in [0.05, 0.1) is 5.69 Å². The van der Waals surface area contributed by atoms with Crippen LogP contribution in [0, 0.1) is 0 Å². The molecule has 0 saturated heterocycles. The zero-order chi connectivity index (χ0) is 12.9. The van der Waals surface area contributed by atoms with Crippen molar-refractivity contribution in [2.45, 2.75) is 13.1 Å². The Labute approximate surface area is 116 Å². The van der Waals surface area contributed by atoms with Gasteiger partial charge in [0.15, 0.2) is 0 Å². The molecule has 3 rings (SSSR count). The maximum Gasteiger partial charge on any atom is 0.0645 e. The summed E-state index contributed by atoms with van der Waals surface area (Å²) < 4.78 is 1.86. The maximum atomic E-state index is 4.21. The SMILES string of the molecule is c1cnn(-c2ccc(CNCc3ccsc3)cc2)c1. The average Bonchev–Trinajstić information content (AvgIpc) is 3.13. The Morgan fingerprint density at radius 1 is 1.05 bits per heavy atom. The van der Waals surface area contributed by atoms with Crippen molar-refractivity contribution in [2.75, 3.05) is 0 Å². The maximum absolute atomic E-state index is 4.21. The number of hydrogen-bond donors (Lipinski definition) is 1. The minimum atomic E-state index is 0.884. The van der Waals surface area contributed by atoms with E-state index in [1.54, 1.807) is 17.5 Å². The van der Waals surface area contributed by atoms with Crippen molar-refractivity contribution >= 4 is 11.3 Å². The summed E-state index contributed by atoms with van der Waals surface area (Å²) in [5, 5.41) is 11.9. The molecule has 0 unspecified atom stereocenters. The Balaban J connectivity index is 1.57. The average molecular weight is 269 g/mol. The molecule has 0 aliphatic carbocycles. The molecule has 2 aromatic heterocycles. The van der Waals surface area contributed by atoms with Crippen LogP contribution in [0.4, 0.5) is 0 Å². The van der Waals surface area contributed by atoms with E-state index in [9.17, 15) is 0 Å². The third kappa shape index (κ3) is 3.10. The molecule has 0 aliphatic rings. The van der Waals surface area contributed by atoms with Crippen molar-refractivity contribution in [1.82, 2.24) is 15.1 Å². The zero-order valence-electron chi connectivity index (χ0n) is 10.5. The third-order valence-corrected chi connectivity index (χ3v) is 3.68. The van der Waals surface area contributed by atoms with Crippen LogP contribution >= 0.6 is 11.3 Å². The number of nitrogens with zero attached hydrogens (tertiary/aromatic N) is 2. The Kier molecular flexibility index (Phi) is 3.72. The van der Waals surface area contributed by atoms with E-state index in [1.165, 1.54) is 11.1 Å². The van der Waals surface area contributed by atoms with Crippen LogP contribution in [0.1, 0.15) is 11.1 Å². The highest BCUT2D eigenvalue weighted by molar-refractivity contribution is 7.07. The number of aromatic nitrogens is 2. The molecule has 0 atom stereocenters. The van der Waals surface area contributed by atoms with Gasteiger partial charge in [-0.2, -0.15) is 16.4 Å². The summed E-state index contributed by atoms with van der Waals surface area (Å²) in [6.45, 7) is 1.81. The van der Waals surface area contributed by atoms with E-state index in [2.05, 4.69) is 51.5 Å². The fourth-order valence-corrected chi connectivity index (χ4v) is 2.60. The molecule has 0 saturated carbocycles. The largest absolute Gasteiger partial charge is 0.309 e. The van der Waals surface area contributed by atoms with Gasteiger partial charge in [-0.05, 0) is 46.2 Å². The lowest BCUT2D eigenvalue weighted by molar-refractivity contribution is 0.694. The van der Waals surface area contributed by atoms with Crippen LogP contribution in [0.15, 0.2) is 59.6 Å². The smallest absolute Gasteiger partial charge is 0.0645 e. The molecular formula is C15H15N3S. The standard InChI is InChI=1S/C15H15N3S/c1-7-17-18(8-1)15-4-2-13(3-5-15)10-16-11-14-6-9-19-12-14/h1-9,12,16H,10-11H2. The van der Waals surface area contributed by atoms with Crippen molar-refractivity contribution in [3.63, 3.8) is 0 Å². The molecule has 0 radical (unpaired) electrons. The minimum absolute atomic E-state index is 0.884. The van der Waals surface area contributed by atoms with E-state index in [4.69, 9.17) is 0 Å². The molecule has 4 heteroatoms. The Morgan fingerprint density at radius 3 is 2.58 bits per heavy atom. The number of hydrogen-bond acceptors (Lipinski definition) is 3. The van der Waals surface area contributed by atoms with Crippen LogP contribution in [-0.2, 0) is 13.1 Å². The van der Waals surface area contributed by atoms with Gasteiger partial charge < -0.3 is 5.32 Å². The molecule has 1 aromatic carbocycles. The normalized spacial score (nSPS) is 10.7. The molecule has 0 bridgehead atoms. The highest BCUT2D eigenvalue weighted by atomic mass is 32.1. The first-order chi connectivity index (χ1) is 9.42. The molecular weight excluding hydrogens is 254 g/mol. The molecule has 0 spiro atoms. The summed E-state index contributed by atoms with van der Waals surface area (Å²) >= 11 is 1.74. The van der Waals surface area contributed by atoms with Gasteiger partial charge >= 0.3 is 0 Å². The Hall–Kier alpha value is -1.91. The zero-order valence-corrected chi connectivity index (χ0v) is 11.3. The molecule has 3 nitrogen and oxygen atoms in total. The van der Waals surface area contributed by atoms with Crippen molar-refractivity contribution < 1.29 is 0 Å². The molecule has 0 amide bonds. The molecule has 19 heavy (non-hydrogen) atoms. The first-order valence-electron chi connectivity index (χ1n) is 6.22. The van der Waals surface area contributed by atoms with Crippen molar-refractivity contribution in [2.24, 2.45) is 0 Å². The van der Waals surface area contributed by atoms with Crippen LogP contribution in [0.25, 0.3) is 5.69 Å². The summed E-state index contributed by atoms with van der Waals surface area (Å²) in [7, 11) is 0. The predicted molar refractivity (Wildman–Crippen MR) is 78.4 cm³/mol. The second-order valence-corrected chi connectivity index (χ2v) is 5.13.